The number of aryl methyl sites for hydroxylation is 1. The van der Waals surface area contributed by atoms with Gasteiger partial charge in [0, 0.05) is 17.3 Å². The highest BCUT2D eigenvalue weighted by Crippen LogP contribution is 2.31. The van der Waals surface area contributed by atoms with Crippen molar-refractivity contribution in [3.05, 3.63) is 53.6 Å². The standard InChI is InChI=1S/C22H26N2O3/c1-14(2)16-7-10-19(11-8-16)27-13-21(25)23-18-9-4-15(3)20(12-18)24-22(26)17-5-6-17/h4,7-12,14,17H,5-6,13H2,1-3H3,(H,23,25)(H,24,26). The highest BCUT2D eigenvalue weighted by atomic mass is 16.5. The van der Waals surface area contributed by atoms with Crippen LogP contribution in [0.25, 0.3) is 0 Å². The lowest BCUT2D eigenvalue weighted by atomic mass is 10.0. The Balaban J connectivity index is 1.54. The first-order valence-electron chi connectivity index (χ1n) is 9.36. The summed E-state index contributed by atoms with van der Waals surface area (Å²) in [4.78, 5) is 24.1. The molecule has 2 amide bonds. The Bertz CT molecular complexity index is 824. The van der Waals surface area contributed by atoms with Gasteiger partial charge in [-0.15, -0.1) is 0 Å². The number of anilines is 2. The zero-order chi connectivity index (χ0) is 19.4. The topological polar surface area (TPSA) is 67.4 Å². The van der Waals surface area contributed by atoms with E-state index in [2.05, 4.69) is 24.5 Å². The number of carbonyl (C=O) groups excluding carboxylic acids is 2. The van der Waals surface area contributed by atoms with E-state index in [4.69, 9.17) is 4.74 Å². The fourth-order valence-corrected chi connectivity index (χ4v) is 2.71. The smallest absolute Gasteiger partial charge is 0.262 e. The first-order valence-corrected chi connectivity index (χ1v) is 9.36. The molecule has 1 fully saturated rings. The second kappa shape index (κ2) is 8.25. The third kappa shape index (κ3) is 5.33. The van der Waals surface area contributed by atoms with Crippen LogP contribution in [0.1, 0.15) is 43.7 Å². The summed E-state index contributed by atoms with van der Waals surface area (Å²) in [6.45, 7) is 6.12. The molecule has 142 valence electrons. The molecule has 0 aromatic heterocycles. The Hall–Kier alpha value is -2.82. The summed E-state index contributed by atoms with van der Waals surface area (Å²) in [5.41, 5.74) is 3.56. The van der Waals surface area contributed by atoms with Crippen molar-refractivity contribution in [1.29, 1.82) is 0 Å². The largest absolute Gasteiger partial charge is 0.484 e. The van der Waals surface area contributed by atoms with Gasteiger partial charge in [0.05, 0.1) is 0 Å². The minimum Gasteiger partial charge on any atom is -0.484 e. The molecule has 3 rings (SSSR count). The van der Waals surface area contributed by atoms with Crippen molar-refractivity contribution in [2.24, 2.45) is 5.92 Å². The Morgan fingerprint density at radius 2 is 1.78 bits per heavy atom. The molecule has 0 spiro atoms. The lowest BCUT2D eigenvalue weighted by Gasteiger charge is -2.12. The Morgan fingerprint density at radius 3 is 2.41 bits per heavy atom. The van der Waals surface area contributed by atoms with Crippen LogP contribution in [-0.4, -0.2) is 18.4 Å². The van der Waals surface area contributed by atoms with Gasteiger partial charge in [0.1, 0.15) is 5.75 Å². The monoisotopic (exact) mass is 366 g/mol. The van der Waals surface area contributed by atoms with Crippen molar-refractivity contribution in [3.63, 3.8) is 0 Å². The maximum atomic E-state index is 12.2. The predicted molar refractivity (Wildman–Crippen MR) is 107 cm³/mol. The summed E-state index contributed by atoms with van der Waals surface area (Å²) in [6, 6.07) is 13.2. The number of ether oxygens (including phenoxy) is 1. The van der Waals surface area contributed by atoms with Gasteiger partial charge in [-0.25, -0.2) is 0 Å². The molecule has 0 aliphatic heterocycles. The number of nitrogens with one attached hydrogen (secondary N) is 2. The number of rotatable bonds is 7. The number of amides is 2. The molecule has 0 radical (unpaired) electrons. The van der Waals surface area contributed by atoms with Crippen LogP contribution in [0.5, 0.6) is 5.75 Å². The molecule has 1 saturated carbocycles. The average Bonchev–Trinajstić information content (AvgIpc) is 3.48. The van der Waals surface area contributed by atoms with E-state index in [0.717, 1.165) is 24.1 Å². The quantitative estimate of drug-likeness (QED) is 0.759. The molecule has 1 aliphatic rings. The Labute approximate surface area is 160 Å². The van der Waals surface area contributed by atoms with Crippen molar-refractivity contribution in [2.45, 2.75) is 39.5 Å². The van der Waals surface area contributed by atoms with E-state index in [1.54, 1.807) is 6.07 Å². The van der Waals surface area contributed by atoms with Gasteiger partial charge in [-0.2, -0.15) is 0 Å². The van der Waals surface area contributed by atoms with Crippen molar-refractivity contribution < 1.29 is 14.3 Å². The second-order valence-corrected chi connectivity index (χ2v) is 7.35. The number of hydrogen-bond acceptors (Lipinski definition) is 3. The first kappa shape index (κ1) is 19.0. The lowest BCUT2D eigenvalue weighted by Crippen LogP contribution is -2.20. The molecular formula is C22H26N2O3. The van der Waals surface area contributed by atoms with Gasteiger partial charge in [0.2, 0.25) is 5.91 Å². The second-order valence-electron chi connectivity index (χ2n) is 7.35. The maximum Gasteiger partial charge on any atom is 0.262 e. The van der Waals surface area contributed by atoms with Crippen LogP contribution in [0.15, 0.2) is 42.5 Å². The third-order valence-electron chi connectivity index (χ3n) is 4.64. The highest BCUT2D eigenvalue weighted by molar-refractivity contribution is 5.96. The molecule has 1 aliphatic carbocycles. The van der Waals surface area contributed by atoms with E-state index >= 15 is 0 Å². The van der Waals surface area contributed by atoms with Gasteiger partial charge in [-0.1, -0.05) is 32.0 Å². The van der Waals surface area contributed by atoms with E-state index in [0.29, 0.717) is 17.4 Å². The van der Waals surface area contributed by atoms with Crippen LogP contribution in [0.4, 0.5) is 11.4 Å². The van der Waals surface area contributed by atoms with Crippen molar-refractivity contribution in [1.82, 2.24) is 0 Å². The van der Waals surface area contributed by atoms with Gasteiger partial charge < -0.3 is 15.4 Å². The minimum atomic E-state index is -0.244. The van der Waals surface area contributed by atoms with E-state index < -0.39 is 0 Å². The summed E-state index contributed by atoms with van der Waals surface area (Å²) in [6.07, 6.45) is 1.91. The van der Waals surface area contributed by atoms with Crippen molar-refractivity contribution in [2.75, 3.05) is 17.2 Å². The molecule has 2 aromatic rings. The minimum absolute atomic E-state index is 0.0507. The van der Waals surface area contributed by atoms with E-state index in [9.17, 15) is 9.59 Å². The number of benzene rings is 2. The SMILES string of the molecule is Cc1ccc(NC(=O)COc2ccc(C(C)C)cc2)cc1NC(=O)C1CC1. The average molecular weight is 366 g/mol. The van der Waals surface area contributed by atoms with Gasteiger partial charge >= 0.3 is 0 Å². The van der Waals surface area contributed by atoms with Crippen molar-refractivity contribution in [3.8, 4) is 5.75 Å². The van der Waals surface area contributed by atoms with Crippen molar-refractivity contribution >= 4 is 23.2 Å². The number of hydrogen-bond donors (Lipinski definition) is 2. The summed E-state index contributed by atoms with van der Waals surface area (Å²) in [5.74, 6) is 1.06. The summed E-state index contributed by atoms with van der Waals surface area (Å²) >= 11 is 0. The fraction of sp³-hybridized carbons (Fsp3) is 0.364. The fourth-order valence-electron chi connectivity index (χ4n) is 2.71. The zero-order valence-corrected chi connectivity index (χ0v) is 16.0. The zero-order valence-electron chi connectivity index (χ0n) is 16.0. The Kier molecular flexibility index (Phi) is 5.79. The van der Waals surface area contributed by atoms with E-state index in [1.165, 1.54) is 5.56 Å². The molecule has 0 bridgehead atoms. The van der Waals surface area contributed by atoms with Crippen LogP contribution >= 0.6 is 0 Å². The lowest BCUT2D eigenvalue weighted by molar-refractivity contribution is -0.118. The molecule has 0 heterocycles. The molecule has 5 nitrogen and oxygen atoms in total. The van der Waals surface area contributed by atoms with Crippen LogP contribution in [0.3, 0.4) is 0 Å². The molecule has 2 aromatic carbocycles. The van der Waals surface area contributed by atoms with Crippen LogP contribution in [-0.2, 0) is 9.59 Å². The summed E-state index contributed by atoms with van der Waals surface area (Å²) < 4.78 is 5.55. The van der Waals surface area contributed by atoms with Crippen LogP contribution in [0, 0.1) is 12.8 Å². The molecular weight excluding hydrogens is 340 g/mol. The molecule has 0 unspecified atom stereocenters. The van der Waals surface area contributed by atoms with Crippen LogP contribution < -0.4 is 15.4 Å². The molecule has 0 saturated heterocycles. The normalized spacial score (nSPS) is 13.3. The molecule has 2 N–H and O–H groups in total. The summed E-state index contributed by atoms with van der Waals surface area (Å²) in [7, 11) is 0. The van der Waals surface area contributed by atoms with E-state index in [-0.39, 0.29) is 24.3 Å². The van der Waals surface area contributed by atoms with Gasteiger partial charge in [0.15, 0.2) is 6.61 Å². The first-order chi connectivity index (χ1) is 12.9. The third-order valence-corrected chi connectivity index (χ3v) is 4.64. The van der Waals surface area contributed by atoms with Gasteiger partial charge in [0.25, 0.3) is 5.91 Å². The van der Waals surface area contributed by atoms with E-state index in [1.807, 2.05) is 43.3 Å². The predicted octanol–water partition coefficient (Wildman–Crippen LogP) is 4.48. The molecule has 5 heteroatoms. The van der Waals surface area contributed by atoms with Gasteiger partial charge in [-0.05, 0) is 61.1 Å². The van der Waals surface area contributed by atoms with Crippen LogP contribution in [0.2, 0.25) is 0 Å². The number of carbonyl (C=O) groups is 2. The molecule has 27 heavy (non-hydrogen) atoms. The summed E-state index contributed by atoms with van der Waals surface area (Å²) in [5, 5.41) is 5.75. The Morgan fingerprint density at radius 1 is 1.07 bits per heavy atom. The molecule has 0 atom stereocenters. The van der Waals surface area contributed by atoms with Gasteiger partial charge in [-0.3, -0.25) is 9.59 Å². The highest BCUT2D eigenvalue weighted by Gasteiger charge is 2.29. The maximum absolute atomic E-state index is 12.2.